The van der Waals surface area contributed by atoms with E-state index in [1.165, 1.54) is 0 Å². The fraction of sp³-hybridized carbons (Fsp3) is 0.273. The molecule has 0 bridgehead atoms. The van der Waals surface area contributed by atoms with Crippen molar-refractivity contribution in [1.82, 2.24) is 0 Å². The number of aliphatic hydroxyl groups excluding tert-OH is 1. The highest BCUT2D eigenvalue weighted by Crippen LogP contribution is 2.26. The van der Waals surface area contributed by atoms with E-state index in [1.54, 1.807) is 6.07 Å². The van der Waals surface area contributed by atoms with Crippen molar-refractivity contribution in [2.24, 2.45) is 0 Å². The van der Waals surface area contributed by atoms with Crippen LogP contribution in [0, 0.1) is 11.3 Å². The number of aliphatic hydroxyl groups is 1. The van der Waals surface area contributed by atoms with E-state index in [1.807, 2.05) is 0 Å². The molecule has 18 heavy (non-hydrogen) atoms. The third kappa shape index (κ3) is 3.40. The molecule has 0 saturated heterocycles. The molecule has 0 aromatic heterocycles. The minimum Gasteiger partial charge on any atom is -0.481 e. The van der Waals surface area contributed by atoms with Gasteiger partial charge in [0.05, 0.1) is 24.7 Å². The van der Waals surface area contributed by atoms with E-state index in [0.29, 0.717) is 0 Å². The number of carboxylic acids is 1. The standard InChI is InChI=1S/C11H9F2NO4/c12-11(13)18-9-2-6(3-10(16)17)7(4-14)1-8(9)5-15/h1-2,11,15H,3,5H2,(H,16,17). The van der Waals surface area contributed by atoms with Crippen LogP contribution in [0.4, 0.5) is 8.78 Å². The van der Waals surface area contributed by atoms with Gasteiger partial charge < -0.3 is 14.9 Å². The normalized spacial score (nSPS) is 10.2. The number of carboxylic acid groups (broad SMARTS) is 1. The van der Waals surface area contributed by atoms with Gasteiger partial charge >= 0.3 is 12.6 Å². The van der Waals surface area contributed by atoms with Gasteiger partial charge in [0.15, 0.2) is 0 Å². The van der Waals surface area contributed by atoms with Crippen LogP contribution >= 0.6 is 0 Å². The van der Waals surface area contributed by atoms with E-state index in [2.05, 4.69) is 4.74 Å². The monoisotopic (exact) mass is 257 g/mol. The molecule has 0 amide bonds. The lowest BCUT2D eigenvalue weighted by Gasteiger charge is -2.11. The van der Waals surface area contributed by atoms with Crippen molar-refractivity contribution in [3.05, 3.63) is 28.8 Å². The number of nitriles is 1. The number of alkyl halides is 2. The summed E-state index contributed by atoms with van der Waals surface area (Å²) in [4.78, 5) is 10.6. The molecule has 0 aliphatic heterocycles. The van der Waals surface area contributed by atoms with Crippen LogP contribution in [0.2, 0.25) is 0 Å². The zero-order valence-electron chi connectivity index (χ0n) is 9.06. The van der Waals surface area contributed by atoms with Gasteiger partial charge in [-0.2, -0.15) is 14.0 Å². The molecule has 0 saturated carbocycles. The van der Waals surface area contributed by atoms with Gasteiger partial charge in [-0.1, -0.05) is 0 Å². The predicted octanol–water partition coefficient (Wildman–Crippen LogP) is 1.28. The van der Waals surface area contributed by atoms with Crippen molar-refractivity contribution in [2.45, 2.75) is 19.6 Å². The van der Waals surface area contributed by atoms with E-state index in [0.717, 1.165) is 12.1 Å². The Kier molecular flexibility index (Phi) is 4.57. The molecule has 0 spiro atoms. The summed E-state index contributed by atoms with van der Waals surface area (Å²) in [6.07, 6.45) is -0.492. The minimum absolute atomic E-state index is 0.000916. The molecule has 0 aliphatic carbocycles. The van der Waals surface area contributed by atoms with Gasteiger partial charge in [0.25, 0.3) is 0 Å². The fourth-order valence-electron chi connectivity index (χ4n) is 1.41. The van der Waals surface area contributed by atoms with Gasteiger partial charge in [-0.3, -0.25) is 4.79 Å². The second kappa shape index (κ2) is 5.93. The SMILES string of the molecule is N#Cc1cc(CO)c(OC(F)F)cc1CC(=O)O. The number of benzene rings is 1. The molecule has 7 heteroatoms. The van der Waals surface area contributed by atoms with E-state index in [4.69, 9.17) is 15.5 Å². The molecule has 2 N–H and O–H groups in total. The van der Waals surface area contributed by atoms with Crippen LogP contribution in [0.5, 0.6) is 5.75 Å². The molecule has 96 valence electrons. The Morgan fingerprint density at radius 2 is 2.11 bits per heavy atom. The third-order valence-electron chi connectivity index (χ3n) is 2.13. The van der Waals surface area contributed by atoms with E-state index in [-0.39, 0.29) is 22.4 Å². The summed E-state index contributed by atoms with van der Waals surface area (Å²) in [7, 11) is 0. The number of hydrogen-bond donors (Lipinski definition) is 2. The largest absolute Gasteiger partial charge is 0.481 e. The van der Waals surface area contributed by atoms with Crippen molar-refractivity contribution < 1.29 is 28.5 Å². The van der Waals surface area contributed by atoms with Crippen molar-refractivity contribution >= 4 is 5.97 Å². The lowest BCUT2D eigenvalue weighted by atomic mass is 10.0. The first-order valence-corrected chi connectivity index (χ1v) is 4.81. The van der Waals surface area contributed by atoms with Crippen LogP contribution in [-0.2, 0) is 17.8 Å². The zero-order chi connectivity index (χ0) is 13.7. The quantitative estimate of drug-likeness (QED) is 0.829. The number of rotatable bonds is 5. The second-order valence-electron chi connectivity index (χ2n) is 3.34. The zero-order valence-corrected chi connectivity index (χ0v) is 9.06. The highest BCUT2D eigenvalue weighted by Gasteiger charge is 2.15. The first-order chi connectivity index (χ1) is 8.47. The summed E-state index contributed by atoms with van der Waals surface area (Å²) in [5, 5.41) is 26.4. The van der Waals surface area contributed by atoms with Crippen molar-refractivity contribution in [2.75, 3.05) is 0 Å². The molecule has 0 aliphatic rings. The highest BCUT2D eigenvalue weighted by molar-refractivity contribution is 5.72. The van der Waals surface area contributed by atoms with Gasteiger partial charge in [-0.05, 0) is 17.7 Å². The lowest BCUT2D eigenvalue weighted by molar-refractivity contribution is -0.136. The molecule has 0 fully saturated rings. The van der Waals surface area contributed by atoms with Crippen molar-refractivity contribution in [1.29, 1.82) is 5.26 Å². The van der Waals surface area contributed by atoms with Crippen LogP contribution < -0.4 is 4.74 Å². The predicted molar refractivity (Wildman–Crippen MR) is 55.1 cm³/mol. The van der Waals surface area contributed by atoms with Crippen molar-refractivity contribution in [3.8, 4) is 11.8 Å². The molecule has 0 radical (unpaired) electrons. The number of halogens is 2. The maximum Gasteiger partial charge on any atom is 0.387 e. The fourth-order valence-corrected chi connectivity index (χ4v) is 1.41. The Morgan fingerprint density at radius 1 is 1.44 bits per heavy atom. The number of nitrogens with zero attached hydrogens (tertiary/aromatic N) is 1. The molecule has 1 aromatic rings. The van der Waals surface area contributed by atoms with Crippen LogP contribution in [0.25, 0.3) is 0 Å². The number of hydrogen-bond acceptors (Lipinski definition) is 4. The average Bonchev–Trinajstić information content (AvgIpc) is 2.28. The van der Waals surface area contributed by atoms with Gasteiger partial charge in [0, 0.05) is 5.56 Å². The average molecular weight is 257 g/mol. The number of ether oxygens (including phenoxy) is 1. The van der Waals surface area contributed by atoms with Gasteiger partial charge in [-0.15, -0.1) is 0 Å². The summed E-state index contributed by atoms with van der Waals surface area (Å²) in [6.45, 7) is -3.69. The molecule has 1 rings (SSSR count). The first kappa shape index (κ1) is 13.9. The Balaban J connectivity index is 3.25. The molecule has 5 nitrogen and oxygen atoms in total. The van der Waals surface area contributed by atoms with Crippen LogP contribution in [0.15, 0.2) is 12.1 Å². The van der Waals surface area contributed by atoms with Gasteiger partial charge in [0.2, 0.25) is 0 Å². The minimum atomic E-state index is -3.10. The highest BCUT2D eigenvalue weighted by atomic mass is 19.3. The van der Waals surface area contributed by atoms with Gasteiger partial charge in [0.1, 0.15) is 5.75 Å². The summed E-state index contributed by atoms with van der Waals surface area (Å²) in [5.41, 5.74) is 0.0573. The Bertz CT molecular complexity index is 497. The maximum absolute atomic E-state index is 12.1. The number of aliphatic carboxylic acids is 1. The first-order valence-electron chi connectivity index (χ1n) is 4.81. The Labute approximate surface area is 101 Å². The van der Waals surface area contributed by atoms with Crippen LogP contribution in [-0.4, -0.2) is 22.8 Å². The van der Waals surface area contributed by atoms with E-state index < -0.39 is 25.6 Å². The molecule has 0 atom stereocenters. The summed E-state index contributed by atoms with van der Waals surface area (Å²) in [6, 6.07) is 3.91. The second-order valence-corrected chi connectivity index (χ2v) is 3.34. The van der Waals surface area contributed by atoms with E-state index >= 15 is 0 Å². The van der Waals surface area contributed by atoms with Crippen LogP contribution in [0.3, 0.4) is 0 Å². The molecular weight excluding hydrogens is 248 g/mol. The topological polar surface area (TPSA) is 90.5 Å². The van der Waals surface area contributed by atoms with E-state index in [9.17, 15) is 13.6 Å². The third-order valence-corrected chi connectivity index (χ3v) is 2.13. The Morgan fingerprint density at radius 3 is 2.56 bits per heavy atom. The summed E-state index contributed by atoms with van der Waals surface area (Å²) >= 11 is 0. The lowest BCUT2D eigenvalue weighted by Crippen LogP contribution is -2.08. The Hall–Kier alpha value is -2.20. The van der Waals surface area contributed by atoms with Gasteiger partial charge in [-0.25, -0.2) is 0 Å². The van der Waals surface area contributed by atoms with Crippen LogP contribution in [0.1, 0.15) is 16.7 Å². The smallest absolute Gasteiger partial charge is 0.387 e. The van der Waals surface area contributed by atoms with Crippen molar-refractivity contribution in [3.63, 3.8) is 0 Å². The molecule has 1 aromatic carbocycles. The molecule has 0 heterocycles. The number of carbonyl (C=O) groups is 1. The molecule has 0 unspecified atom stereocenters. The summed E-state index contributed by atoms with van der Waals surface area (Å²) < 4.78 is 28.4. The summed E-state index contributed by atoms with van der Waals surface area (Å²) in [5.74, 6) is -1.53. The maximum atomic E-state index is 12.1. The molecular formula is C11H9F2NO4.